The third-order valence-electron chi connectivity index (χ3n) is 4.35. The van der Waals surface area contributed by atoms with Gasteiger partial charge < -0.3 is 14.4 Å². The topological polar surface area (TPSA) is 64.6 Å². The minimum absolute atomic E-state index is 0.0589. The molecule has 1 atom stereocenters. The number of carbonyl (C=O) groups is 1. The normalized spacial score (nSPS) is 23.9. The van der Waals surface area contributed by atoms with Gasteiger partial charge in [0.05, 0.1) is 19.3 Å². The summed E-state index contributed by atoms with van der Waals surface area (Å²) < 4.78 is 11.1. The van der Waals surface area contributed by atoms with Crippen LogP contribution in [0.3, 0.4) is 0 Å². The SMILES string of the molecule is COCCC1CCOC2(C1)CN(C(=O)c1cnccn1)C2. The van der Waals surface area contributed by atoms with Crippen molar-refractivity contribution in [3.8, 4) is 0 Å². The Kier molecular flexibility index (Phi) is 4.17. The lowest BCUT2D eigenvalue weighted by atomic mass is 9.79. The molecule has 1 aromatic heterocycles. The maximum atomic E-state index is 12.3. The molecule has 3 heterocycles. The number of amides is 1. The lowest BCUT2D eigenvalue weighted by Crippen LogP contribution is -2.66. The maximum absolute atomic E-state index is 12.3. The van der Waals surface area contributed by atoms with Crippen molar-refractivity contribution < 1.29 is 14.3 Å². The molecule has 0 N–H and O–H groups in total. The van der Waals surface area contributed by atoms with Crippen LogP contribution in [0.4, 0.5) is 0 Å². The second-order valence-corrected chi connectivity index (χ2v) is 5.92. The molecule has 3 rings (SSSR count). The molecule has 1 amide bonds. The van der Waals surface area contributed by atoms with E-state index < -0.39 is 0 Å². The smallest absolute Gasteiger partial charge is 0.274 e. The predicted molar refractivity (Wildman–Crippen MR) is 75.8 cm³/mol. The van der Waals surface area contributed by atoms with E-state index in [-0.39, 0.29) is 11.5 Å². The van der Waals surface area contributed by atoms with Gasteiger partial charge in [0, 0.05) is 32.7 Å². The summed E-state index contributed by atoms with van der Waals surface area (Å²) in [6, 6.07) is 0. The first-order chi connectivity index (χ1) is 10.2. The van der Waals surface area contributed by atoms with Crippen molar-refractivity contribution in [1.82, 2.24) is 14.9 Å². The number of nitrogens with zero attached hydrogens (tertiary/aromatic N) is 3. The number of likely N-dealkylation sites (tertiary alicyclic amines) is 1. The molecule has 0 aromatic carbocycles. The molecule has 2 aliphatic rings. The van der Waals surface area contributed by atoms with Crippen LogP contribution in [0.2, 0.25) is 0 Å². The third-order valence-corrected chi connectivity index (χ3v) is 4.35. The molecule has 2 aliphatic heterocycles. The van der Waals surface area contributed by atoms with Crippen LogP contribution in [0.5, 0.6) is 0 Å². The monoisotopic (exact) mass is 291 g/mol. The van der Waals surface area contributed by atoms with Gasteiger partial charge in [-0.15, -0.1) is 0 Å². The molecular formula is C15H21N3O3. The van der Waals surface area contributed by atoms with Crippen LogP contribution >= 0.6 is 0 Å². The van der Waals surface area contributed by atoms with Crippen molar-refractivity contribution in [3.63, 3.8) is 0 Å². The molecule has 114 valence electrons. The average Bonchev–Trinajstić information content (AvgIpc) is 2.51. The Morgan fingerprint density at radius 3 is 3.10 bits per heavy atom. The maximum Gasteiger partial charge on any atom is 0.274 e. The number of rotatable bonds is 4. The summed E-state index contributed by atoms with van der Waals surface area (Å²) >= 11 is 0. The van der Waals surface area contributed by atoms with Crippen molar-refractivity contribution >= 4 is 5.91 Å². The molecule has 2 saturated heterocycles. The zero-order valence-electron chi connectivity index (χ0n) is 12.3. The van der Waals surface area contributed by atoms with Gasteiger partial charge in [0.15, 0.2) is 0 Å². The first-order valence-corrected chi connectivity index (χ1v) is 7.41. The molecule has 1 aromatic rings. The van der Waals surface area contributed by atoms with Gasteiger partial charge >= 0.3 is 0 Å². The third kappa shape index (κ3) is 3.06. The van der Waals surface area contributed by atoms with Crippen molar-refractivity contribution in [2.75, 3.05) is 33.4 Å². The summed E-state index contributed by atoms with van der Waals surface area (Å²) in [6.45, 7) is 2.89. The highest BCUT2D eigenvalue weighted by Crippen LogP contribution is 2.38. The largest absolute Gasteiger partial charge is 0.385 e. The van der Waals surface area contributed by atoms with Gasteiger partial charge in [0.2, 0.25) is 0 Å². The summed E-state index contributed by atoms with van der Waals surface area (Å²) in [4.78, 5) is 22.0. The van der Waals surface area contributed by atoms with Gasteiger partial charge in [-0.05, 0) is 25.2 Å². The van der Waals surface area contributed by atoms with Crippen LogP contribution in [0.1, 0.15) is 29.8 Å². The van der Waals surface area contributed by atoms with E-state index in [0.29, 0.717) is 24.7 Å². The fourth-order valence-electron chi connectivity index (χ4n) is 3.24. The predicted octanol–water partition coefficient (Wildman–Crippen LogP) is 1.13. The Morgan fingerprint density at radius 1 is 1.52 bits per heavy atom. The summed E-state index contributed by atoms with van der Waals surface area (Å²) in [5, 5.41) is 0. The van der Waals surface area contributed by atoms with Gasteiger partial charge in [-0.25, -0.2) is 4.98 Å². The highest BCUT2D eigenvalue weighted by Gasteiger charge is 2.49. The zero-order chi connectivity index (χ0) is 14.7. The Bertz CT molecular complexity index is 488. The van der Waals surface area contributed by atoms with Crippen molar-refractivity contribution in [2.24, 2.45) is 5.92 Å². The van der Waals surface area contributed by atoms with Crippen LogP contribution in [0, 0.1) is 5.92 Å². The molecular weight excluding hydrogens is 270 g/mol. The van der Waals surface area contributed by atoms with Gasteiger partial charge in [-0.1, -0.05) is 0 Å². The van der Waals surface area contributed by atoms with Crippen molar-refractivity contribution in [3.05, 3.63) is 24.3 Å². The second kappa shape index (κ2) is 6.07. The molecule has 6 heteroatoms. The Labute approximate surface area is 124 Å². The molecule has 0 radical (unpaired) electrons. The number of methoxy groups -OCH3 is 1. The number of hydrogen-bond acceptors (Lipinski definition) is 5. The van der Waals surface area contributed by atoms with Crippen molar-refractivity contribution in [1.29, 1.82) is 0 Å². The van der Waals surface area contributed by atoms with Crippen LogP contribution < -0.4 is 0 Å². The molecule has 1 unspecified atom stereocenters. The highest BCUT2D eigenvalue weighted by atomic mass is 16.5. The number of hydrogen-bond donors (Lipinski definition) is 0. The van der Waals surface area contributed by atoms with E-state index in [1.807, 2.05) is 0 Å². The zero-order valence-corrected chi connectivity index (χ0v) is 12.3. The summed E-state index contributed by atoms with van der Waals surface area (Å²) in [5.74, 6) is 0.573. The van der Waals surface area contributed by atoms with Crippen LogP contribution in [-0.4, -0.2) is 59.8 Å². The van der Waals surface area contributed by atoms with Gasteiger partial charge in [-0.2, -0.15) is 0 Å². The first-order valence-electron chi connectivity index (χ1n) is 7.41. The summed E-state index contributed by atoms with van der Waals surface area (Å²) in [7, 11) is 1.74. The fraction of sp³-hybridized carbons (Fsp3) is 0.667. The molecule has 6 nitrogen and oxygen atoms in total. The second-order valence-electron chi connectivity index (χ2n) is 5.92. The molecule has 21 heavy (non-hydrogen) atoms. The number of ether oxygens (including phenoxy) is 2. The average molecular weight is 291 g/mol. The Morgan fingerprint density at radius 2 is 2.38 bits per heavy atom. The van der Waals surface area contributed by atoms with E-state index >= 15 is 0 Å². The lowest BCUT2D eigenvalue weighted by Gasteiger charge is -2.53. The van der Waals surface area contributed by atoms with E-state index in [1.165, 1.54) is 6.20 Å². The van der Waals surface area contributed by atoms with E-state index in [1.54, 1.807) is 24.4 Å². The fourth-order valence-corrected chi connectivity index (χ4v) is 3.24. The van der Waals surface area contributed by atoms with Gasteiger partial charge in [0.25, 0.3) is 5.91 Å². The highest BCUT2D eigenvalue weighted by molar-refractivity contribution is 5.92. The lowest BCUT2D eigenvalue weighted by molar-refractivity contribution is -0.167. The summed E-state index contributed by atoms with van der Waals surface area (Å²) in [5.41, 5.74) is 0.258. The van der Waals surface area contributed by atoms with Crippen LogP contribution in [0.25, 0.3) is 0 Å². The van der Waals surface area contributed by atoms with E-state index in [2.05, 4.69) is 9.97 Å². The molecule has 1 spiro atoms. The molecule has 0 saturated carbocycles. The minimum atomic E-state index is -0.144. The van der Waals surface area contributed by atoms with E-state index in [9.17, 15) is 4.79 Å². The Hall–Kier alpha value is -1.53. The standard InChI is InChI=1S/C15H21N3O3/c1-20-6-2-12-3-7-21-15(8-12)10-18(11-15)14(19)13-9-16-4-5-17-13/h4-5,9,12H,2-3,6-8,10-11H2,1H3. The number of carbonyl (C=O) groups excluding carboxylic acids is 1. The van der Waals surface area contributed by atoms with Crippen LogP contribution in [0.15, 0.2) is 18.6 Å². The minimum Gasteiger partial charge on any atom is -0.385 e. The van der Waals surface area contributed by atoms with E-state index in [0.717, 1.165) is 32.5 Å². The summed E-state index contributed by atoms with van der Waals surface area (Å²) in [6.07, 6.45) is 7.79. The van der Waals surface area contributed by atoms with E-state index in [4.69, 9.17) is 9.47 Å². The number of aromatic nitrogens is 2. The quantitative estimate of drug-likeness (QED) is 0.832. The van der Waals surface area contributed by atoms with Gasteiger partial charge in [-0.3, -0.25) is 9.78 Å². The van der Waals surface area contributed by atoms with Crippen molar-refractivity contribution in [2.45, 2.75) is 24.9 Å². The molecule has 2 fully saturated rings. The van der Waals surface area contributed by atoms with Gasteiger partial charge in [0.1, 0.15) is 11.3 Å². The Balaban J connectivity index is 1.55. The van der Waals surface area contributed by atoms with Crippen LogP contribution in [-0.2, 0) is 9.47 Å². The molecule has 0 aliphatic carbocycles. The first kappa shape index (κ1) is 14.4. The molecule has 0 bridgehead atoms.